The van der Waals surface area contributed by atoms with E-state index in [1.807, 2.05) is 4.90 Å². The Bertz CT molecular complexity index is 1530. The average molecular weight is 723 g/mol. The molecule has 0 bridgehead atoms. The maximum Gasteiger partial charge on any atom is 0.419 e. The van der Waals surface area contributed by atoms with Crippen molar-refractivity contribution in [1.82, 2.24) is 19.6 Å². The molecule has 0 spiro atoms. The Labute approximate surface area is 296 Å². The van der Waals surface area contributed by atoms with Gasteiger partial charge in [0.2, 0.25) is 7.37 Å². The molecule has 1 aromatic heterocycles. The lowest BCUT2D eigenvalue weighted by molar-refractivity contribution is -0.160. The maximum absolute atomic E-state index is 14.8. The molecule has 1 saturated heterocycles. The molecular weight excluding hydrogens is 666 g/mol. The van der Waals surface area contributed by atoms with Gasteiger partial charge >= 0.3 is 18.2 Å². The average Bonchev–Trinajstić information content (AvgIpc) is 3.38. The van der Waals surface area contributed by atoms with Crippen molar-refractivity contribution in [3.8, 4) is 11.1 Å². The topological polar surface area (TPSA) is 130 Å². The Balaban J connectivity index is 1.96. The Hall–Kier alpha value is -3.28. The summed E-state index contributed by atoms with van der Waals surface area (Å²) in [6.07, 6.45) is 2.54. The first-order chi connectivity index (χ1) is 23.0. The van der Waals surface area contributed by atoms with Crippen LogP contribution in [0.1, 0.15) is 94.1 Å². The SMILES string of the molecule is CCOP1(=O)CCN(Cc2ccc(F)cc2-c2cnn(C)c2)C[C@@]1(CCCCN(C(=O)OC(C)(C)C)C(=O)OC(C)(C)C)C(=O)OC(C)(C)C. The molecule has 1 aliphatic heterocycles. The Kier molecular flexibility index (Phi) is 13.1. The summed E-state index contributed by atoms with van der Waals surface area (Å²) in [6, 6.07) is 4.57. The molecule has 50 heavy (non-hydrogen) atoms. The van der Waals surface area contributed by atoms with Crippen LogP contribution in [0.4, 0.5) is 14.0 Å². The number of nitrogens with zero attached hydrogens (tertiary/aromatic N) is 4. The molecule has 1 unspecified atom stereocenters. The van der Waals surface area contributed by atoms with E-state index in [9.17, 15) is 23.3 Å². The number of rotatable bonds is 11. The lowest BCUT2D eigenvalue weighted by Crippen LogP contribution is -2.56. The van der Waals surface area contributed by atoms with Gasteiger partial charge in [0.05, 0.1) is 12.8 Å². The zero-order valence-electron chi connectivity index (χ0n) is 31.6. The van der Waals surface area contributed by atoms with E-state index in [0.717, 1.165) is 16.0 Å². The fraction of sp³-hybridized carbons (Fsp3) is 0.667. The van der Waals surface area contributed by atoms with Gasteiger partial charge in [-0.15, -0.1) is 0 Å². The van der Waals surface area contributed by atoms with Crippen molar-refractivity contribution < 1.29 is 42.1 Å². The van der Waals surface area contributed by atoms with Crippen LogP contribution in [0.5, 0.6) is 0 Å². The summed E-state index contributed by atoms with van der Waals surface area (Å²) in [6.45, 7) is 18.1. The number of hydrogen-bond acceptors (Lipinski definition) is 10. The zero-order valence-corrected chi connectivity index (χ0v) is 32.5. The third kappa shape index (κ3) is 11.1. The molecule has 1 aliphatic rings. The van der Waals surface area contributed by atoms with Crippen molar-refractivity contribution in [2.75, 3.05) is 32.4 Å². The van der Waals surface area contributed by atoms with Gasteiger partial charge in [0, 0.05) is 51.1 Å². The minimum absolute atomic E-state index is 0.0546. The van der Waals surface area contributed by atoms with Gasteiger partial charge in [-0.3, -0.25) is 18.9 Å². The monoisotopic (exact) mass is 722 g/mol. The van der Waals surface area contributed by atoms with Gasteiger partial charge in [-0.25, -0.2) is 18.9 Å². The van der Waals surface area contributed by atoms with Crippen molar-refractivity contribution >= 4 is 25.5 Å². The highest BCUT2D eigenvalue weighted by molar-refractivity contribution is 7.62. The molecule has 0 radical (unpaired) electrons. The van der Waals surface area contributed by atoms with E-state index < -0.39 is 47.5 Å². The number of imide groups is 1. The van der Waals surface area contributed by atoms with E-state index in [1.165, 1.54) is 12.1 Å². The molecule has 3 rings (SSSR count). The van der Waals surface area contributed by atoms with Crippen molar-refractivity contribution in [2.24, 2.45) is 7.05 Å². The van der Waals surface area contributed by atoms with Crippen LogP contribution < -0.4 is 0 Å². The van der Waals surface area contributed by atoms with Crippen LogP contribution in [0, 0.1) is 5.82 Å². The normalized spacial score (nSPS) is 20.3. The van der Waals surface area contributed by atoms with Crippen molar-refractivity contribution in [3.63, 3.8) is 0 Å². The lowest BCUT2D eigenvalue weighted by atomic mass is 9.97. The number of carbonyl (C=O) groups is 3. The molecule has 2 amide bonds. The zero-order chi connectivity index (χ0) is 37.7. The first kappa shape index (κ1) is 41.1. The fourth-order valence-electron chi connectivity index (χ4n) is 5.84. The quantitative estimate of drug-likeness (QED) is 0.0981. The van der Waals surface area contributed by atoms with Gasteiger partial charge in [0.15, 0.2) is 5.16 Å². The summed E-state index contributed by atoms with van der Waals surface area (Å²) in [7, 11) is -1.87. The summed E-state index contributed by atoms with van der Waals surface area (Å²) in [5, 5.41) is 2.70. The maximum atomic E-state index is 14.8. The summed E-state index contributed by atoms with van der Waals surface area (Å²) in [4.78, 5) is 43.4. The largest absolute Gasteiger partial charge is 0.459 e. The van der Waals surface area contributed by atoms with Crippen LogP contribution in [0.3, 0.4) is 0 Å². The van der Waals surface area contributed by atoms with Gasteiger partial charge < -0.3 is 18.7 Å². The molecular formula is C36H56FN4O8P. The Morgan fingerprint density at radius 2 is 1.56 bits per heavy atom. The number of unbranched alkanes of at least 4 members (excludes halogenated alkanes) is 1. The first-order valence-electron chi connectivity index (χ1n) is 17.2. The second kappa shape index (κ2) is 15.9. The predicted octanol–water partition coefficient (Wildman–Crippen LogP) is 7.78. The van der Waals surface area contributed by atoms with Crippen LogP contribution in [-0.2, 0) is 41.7 Å². The Morgan fingerprint density at radius 1 is 0.960 bits per heavy atom. The molecule has 2 aromatic rings. The predicted molar refractivity (Wildman–Crippen MR) is 190 cm³/mol. The van der Waals surface area contributed by atoms with Gasteiger partial charge in [0.25, 0.3) is 0 Å². The number of ether oxygens (including phenoxy) is 3. The Morgan fingerprint density at radius 3 is 2.08 bits per heavy atom. The fourth-order valence-corrected chi connectivity index (χ4v) is 8.84. The standard InChI is InChI=1S/C36H56FN4O8P/c1-12-46-50(45)20-19-40(24-26-15-16-28(37)21-29(26)27-22-38-39(11)23-27)25-36(50,30(42)47-33(2,3)4)17-13-14-18-41(31(43)48-34(5,6)7)32(44)49-35(8,9)10/h15-16,21-23H,12-14,17-20,24-25H2,1-11H3/t36-,50?/m0/s1. The second-order valence-corrected chi connectivity index (χ2v) is 18.7. The third-order valence-corrected chi connectivity index (χ3v) is 11.2. The number of aryl methyl sites for hydroxylation is 1. The van der Waals surface area contributed by atoms with E-state index in [4.69, 9.17) is 18.7 Å². The van der Waals surface area contributed by atoms with Crippen molar-refractivity contribution in [1.29, 1.82) is 0 Å². The molecule has 1 aromatic carbocycles. The highest BCUT2D eigenvalue weighted by Gasteiger charge is 2.59. The van der Waals surface area contributed by atoms with Crippen LogP contribution in [0.25, 0.3) is 11.1 Å². The molecule has 12 nitrogen and oxygen atoms in total. The van der Waals surface area contributed by atoms with Crippen LogP contribution in [0.2, 0.25) is 0 Å². The number of esters is 1. The molecule has 0 aliphatic carbocycles. The van der Waals surface area contributed by atoms with E-state index in [1.54, 1.807) is 99.4 Å². The van der Waals surface area contributed by atoms with E-state index in [-0.39, 0.29) is 44.5 Å². The summed E-state index contributed by atoms with van der Waals surface area (Å²) in [5.41, 5.74) is -0.348. The summed E-state index contributed by atoms with van der Waals surface area (Å²) in [5.74, 6) is -1.02. The number of halogens is 1. The van der Waals surface area contributed by atoms with E-state index in [2.05, 4.69) is 5.10 Å². The highest BCUT2D eigenvalue weighted by Crippen LogP contribution is 2.64. The molecule has 0 saturated carbocycles. The first-order valence-corrected chi connectivity index (χ1v) is 19.0. The smallest absolute Gasteiger partial charge is 0.419 e. The minimum Gasteiger partial charge on any atom is -0.459 e. The lowest BCUT2D eigenvalue weighted by Gasteiger charge is -2.46. The molecule has 0 N–H and O–H groups in total. The van der Waals surface area contributed by atoms with E-state index >= 15 is 0 Å². The van der Waals surface area contributed by atoms with Crippen molar-refractivity contribution in [2.45, 2.75) is 117 Å². The van der Waals surface area contributed by atoms with E-state index in [0.29, 0.717) is 25.1 Å². The number of aromatic nitrogens is 2. The van der Waals surface area contributed by atoms with Crippen LogP contribution >= 0.6 is 7.37 Å². The molecule has 2 heterocycles. The number of amides is 2. The van der Waals surface area contributed by atoms with Crippen LogP contribution in [-0.4, -0.2) is 92.1 Å². The highest BCUT2D eigenvalue weighted by atomic mass is 31.2. The molecule has 2 atom stereocenters. The summed E-state index contributed by atoms with van der Waals surface area (Å²) < 4.78 is 53.9. The van der Waals surface area contributed by atoms with Gasteiger partial charge in [-0.2, -0.15) is 5.10 Å². The second-order valence-electron chi connectivity index (χ2n) is 15.8. The van der Waals surface area contributed by atoms with Crippen LogP contribution in [0.15, 0.2) is 30.6 Å². The minimum atomic E-state index is -3.66. The molecule has 1 fully saturated rings. The number of benzene rings is 1. The number of carbonyl (C=O) groups excluding carboxylic acids is 3. The molecule has 280 valence electrons. The number of hydrogen-bond donors (Lipinski definition) is 0. The third-order valence-electron chi connectivity index (χ3n) is 7.90. The van der Waals surface area contributed by atoms with Gasteiger partial charge in [0.1, 0.15) is 22.6 Å². The summed E-state index contributed by atoms with van der Waals surface area (Å²) >= 11 is 0. The van der Waals surface area contributed by atoms with Gasteiger partial charge in [-0.05, 0) is 112 Å². The van der Waals surface area contributed by atoms with Crippen molar-refractivity contribution in [3.05, 3.63) is 42.0 Å². The molecule has 14 heteroatoms. The van der Waals surface area contributed by atoms with Gasteiger partial charge in [-0.1, -0.05) is 6.07 Å².